The molecule has 20 heavy (non-hydrogen) atoms. The molecule has 0 bridgehead atoms. The summed E-state index contributed by atoms with van der Waals surface area (Å²) in [6.07, 6.45) is 3.57. The Morgan fingerprint density at radius 1 is 1.45 bits per heavy atom. The summed E-state index contributed by atoms with van der Waals surface area (Å²) < 4.78 is 5.82. The van der Waals surface area contributed by atoms with Crippen molar-refractivity contribution >= 4 is 5.91 Å². The fourth-order valence-corrected chi connectivity index (χ4v) is 2.41. The van der Waals surface area contributed by atoms with Crippen LogP contribution in [0, 0.1) is 5.92 Å². The van der Waals surface area contributed by atoms with Gasteiger partial charge >= 0.3 is 0 Å². The Morgan fingerprint density at radius 3 is 2.80 bits per heavy atom. The molecule has 3 nitrogen and oxygen atoms in total. The molecule has 0 spiro atoms. The second kappa shape index (κ2) is 6.78. The first-order chi connectivity index (χ1) is 9.61. The number of benzene rings is 1. The highest BCUT2D eigenvalue weighted by molar-refractivity contribution is 5.73. The van der Waals surface area contributed by atoms with Crippen molar-refractivity contribution in [2.24, 2.45) is 5.92 Å². The van der Waals surface area contributed by atoms with E-state index in [0.717, 1.165) is 36.8 Å². The fraction of sp³-hybridized carbons (Fsp3) is 0.588. The summed E-state index contributed by atoms with van der Waals surface area (Å²) in [6.45, 7) is 7.43. The maximum atomic E-state index is 11.8. The van der Waals surface area contributed by atoms with Crippen molar-refractivity contribution in [2.45, 2.75) is 46.1 Å². The molecule has 1 aromatic carbocycles. The van der Waals surface area contributed by atoms with E-state index in [1.54, 1.807) is 6.92 Å². The second-order valence-electron chi connectivity index (χ2n) is 5.72. The van der Waals surface area contributed by atoms with Crippen LogP contribution < -0.4 is 4.74 Å². The molecule has 0 radical (unpaired) electrons. The Hall–Kier alpha value is -1.51. The first-order valence-corrected chi connectivity index (χ1v) is 7.61. The molecule has 0 heterocycles. The van der Waals surface area contributed by atoms with E-state index >= 15 is 0 Å². The Kier molecular flexibility index (Phi) is 5.05. The zero-order valence-corrected chi connectivity index (χ0v) is 12.8. The minimum absolute atomic E-state index is 0.0944. The minimum atomic E-state index is 0.0944. The zero-order chi connectivity index (χ0) is 14.5. The van der Waals surface area contributed by atoms with Gasteiger partial charge in [0.15, 0.2) is 0 Å². The van der Waals surface area contributed by atoms with E-state index < -0.39 is 0 Å². The highest BCUT2D eigenvalue weighted by atomic mass is 16.5. The van der Waals surface area contributed by atoms with Crippen LogP contribution in [0.25, 0.3) is 0 Å². The normalized spacial score (nSPS) is 15.8. The number of rotatable bonds is 7. The summed E-state index contributed by atoms with van der Waals surface area (Å²) in [5.41, 5.74) is 1.14. The quantitative estimate of drug-likeness (QED) is 0.757. The van der Waals surface area contributed by atoms with Crippen molar-refractivity contribution in [2.75, 3.05) is 13.2 Å². The molecule has 1 aliphatic carbocycles. The number of amides is 1. The van der Waals surface area contributed by atoms with Gasteiger partial charge in [-0.1, -0.05) is 19.1 Å². The number of hydrogen-bond acceptors (Lipinski definition) is 2. The van der Waals surface area contributed by atoms with Crippen LogP contribution in [0.2, 0.25) is 0 Å². The monoisotopic (exact) mass is 275 g/mol. The zero-order valence-electron chi connectivity index (χ0n) is 12.8. The van der Waals surface area contributed by atoms with E-state index in [-0.39, 0.29) is 11.9 Å². The average molecular weight is 275 g/mol. The molecule has 0 saturated heterocycles. The molecule has 110 valence electrons. The summed E-state index contributed by atoms with van der Waals surface area (Å²) >= 11 is 0. The van der Waals surface area contributed by atoms with Crippen molar-refractivity contribution in [3.63, 3.8) is 0 Å². The number of nitrogens with zero attached hydrogens (tertiary/aromatic N) is 1. The standard InChI is InChI=1S/C17H25NO2/c1-4-10-18(14(3)19)13(2)16-6-5-7-17(11-16)20-12-15-8-9-15/h5-7,11,13,15H,4,8-10,12H2,1-3H3. The van der Waals surface area contributed by atoms with E-state index in [4.69, 9.17) is 4.74 Å². The molecule has 1 saturated carbocycles. The number of carbonyl (C=O) groups is 1. The van der Waals surface area contributed by atoms with Crippen molar-refractivity contribution < 1.29 is 9.53 Å². The number of ether oxygens (including phenoxy) is 1. The van der Waals surface area contributed by atoms with Gasteiger partial charge in [0.1, 0.15) is 5.75 Å². The van der Waals surface area contributed by atoms with Gasteiger partial charge in [-0.25, -0.2) is 0 Å². The van der Waals surface area contributed by atoms with Crippen LogP contribution in [-0.2, 0) is 4.79 Å². The molecule has 1 aromatic rings. The third-order valence-electron chi connectivity index (χ3n) is 3.86. The molecule has 0 N–H and O–H groups in total. The third kappa shape index (κ3) is 3.99. The molecule has 3 heteroatoms. The third-order valence-corrected chi connectivity index (χ3v) is 3.86. The van der Waals surface area contributed by atoms with Gasteiger partial charge in [0.05, 0.1) is 12.6 Å². The highest BCUT2D eigenvalue weighted by Crippen LogP contribution is 2.30. The van der Waals surface area contributed by atoms with E-state index in [1.807, 2.05) is 17.0 Å². The predicted octanol–water partition coefficient (Wildman–Crippen LogP) is 3.79. The van der Waals surface area contributed by atoms with Crippen molar-refractivity contribution in [3.05, 3.63) is 29.8 Å². The van der Waals surface area contributed by atoms with Gasteiger partial charge in [-0.05, 0) is 49.8 Å². The van der Waals surface area contributed by atoms with E-state index in [0.29, 0.717) is 0 Å². The molecular weight excluding hydrogens is 250 g/mol. The van der Waals surface area contributed by atoms with Crippen molar-refractivity contribution in [3.8, 4) is 5.75 Å². The Bertz CT molecular complexity index is 454. The lowest BCUT2D eigenvalue weighted by molar-refractivity contribution is -0.131. The van der Waals surface area contributed by atoms with Gasteiger partial charge in [0, 0.05) is 13.5 Å². The molecular formula is C17H25NO2. The predicted molar refractivity (Wildman–Crippen MR) is 80.8 cm³/mol. The van der Waals surface area contributed by atoms with Gasteiger partial charge in [-0.15, -0.1) is 0 Å². The maximum absolute atomic E-state index is 11.8. The molecule has 0 aliphatic heterocycles. The van der Waals surface area contributed by atoms with Crippen molar-refractivity contribution in [1.82, 2.24) is 4.90 Å². The SMILES string of the molecule is CCCN(C(C)=O)C(C)c1cccc(OCC2CC2)c1. The maximum Gasteiger partial charge on any atom is 0.219 e. The van der Waals surface area contributed by atoms with Crippen molar-refractivity contribution in [1.29, 1.82) is 0 Å². The van der Waals surface area contributed by atoms with Gasteiger partial charge in [0.2, 0.25) is 5.91 Å². The van der Waals surface area contributed by atoms with E-state index in [1.165, 1.54) is 12.8 Å². The molecule has 2 rings (SSSR count). The van der Waals surface area contributed by atoms with Crippen LogP contribution in [0.15, 0.2) is 24.3 Å². The molecule has 1 amide bonds. The largest absolute Gasteiger partial charge is 0.493 e. The number of hydrogen-bond donors (Lipinski definition) is 0. The van der Waals surface area contributed by atoms with Crippen LogP contribution >= 0.6 is 0 Å². The van der Waals surface area contributed by atoms with E-state index in [2.05, 4.69) is 26.0 Å². The lowest BCUT2D eigenvalue weighted by atomic mass is 10.1. The molecule has 1 atom stereocenters. The van der Waals surface area contributed by atoms with Crippen LogP contribution in [0.4, 0.5) is 0 Å². The van der Waals surface area contributed by atoms with Gasteiger partial charge in [-0.3, -0.25) is 4.79 Å². The summed E-state index contributed by atoms with van der Waals surface area (Å²) in [6, 6.07) is 8.24. The second-order valence-corrected chi connectivity index (χ2v) is 5.72. The first kappa shape index (κ1) is 14.9. The van der Waals surface area contributed by atoms with E-state index in [9.17, 15) is 4.79 Å². The molecule has 1 fully saturated rings. The van der Waals surface area contributed by atoms with Crippen LogP contribution in [0.3, 0.4) is 0 Å². The Labute approximate surface area is 121 Å². The lowest BCUT2D eigenvalue weighted by Gasteiger charge is -2.28. The molecule has 0 aromatic heterocycles. The van der Waals surface area contributed by atoms with Gasteiger partial charge in [-0.2, -0.15) is 0 Å². The topological polar surface area (TPSA) is 29.5 Å². The Balaban J connectivity index is 2.05. The van der Waals surface area contributed by atoms with Crippen LogP contribution in [-0.4, -0.2) is 24.0 Å². The smallest absolute Gasteiger partial charge is 0.219 e. The molecule has 1 aliphatic rings. The highest BCUT2D eigenvalue weighted by Gasteiger charge is 2.22. The average Bonchev–Trinajstić information content (AvgIpc) is 3.26. The fourth-order valence-electron chi connectivity index (χ4n) is 2.41. The summed E-state index contributed by atoms with van der Waals surface area (Å²) in [5, 5.41) is 0. The van der Waals surface area contributed by atoms with Crippen LogP contribution in [0.1, 0.15) is 51.6 Å². The first-order valence-electron chi connectivity index (χ1n) is 7.61. The number of carbonyl (C=O) groups excluding carboxylic acids is 1. The van der Waals surface area contributed by atoms with Gasteiger partial charge in [0.25, 0.3) is 0 Å². The lowest BCUT2D eigenvalue weighted by Crippen LogP contribution is -2.32. The summed E-state index contributed by atoms with van der Waals surface area (Å²) in [7, 11) is 0. The van der Waals surface area contributed by atoms with Crippen LogP contribution in [0.5, 0.6) is 5.75 Å². The summed E-state index contributed by atoms with van der Waals surface area (Å²) in [5.74, 6) is 1.80. The molecule has 1 unspecified atom stereocenters. The minimum Gasteiger partial charge on any atom is -0.493 e. The Morgan fingerprint density at radius 2 is 2.20 bits per heavy atom. The summed E-state index contributed by atoms with van der Waals surface area (Å²) in [4.78, 5) is 13.7. The van der Waals surface area contributed by atoms with Gasteiger partial charge < -0.3 is 9.64 Å².